The lowest BCUT2D eigenvalue weighted by molar-refractivity contribution is 0.671. The van der Waals surface area contributed by atoms with Crippen LogP contribution in [-0.2, 0) is 6.54 Å². The Balaban J connectivity index is 2.84. The molecular weight excluding hydrogens is 233 g/mol. The first-order chi connectivity index (χ1) is 6.19. The van der Waals surface area contributed by atoms with Gasteiger partial charge in [0.2, 0.25) is 0 Å². The Bertz CT molecular complexity index is 295. The number of aryl methyl sites for hydroxylation is 2. The summed E-state index contributed by atoms with van der Waals surface area (Å²) < 4.78 is 14.4. The van der Waals surface area contributed by atoms with E-state index < -0.39 is 0 Å². The van der Waals surface area contributed by atoms with E-state index in [9.17, 15) is 4.39 Å². The first-order valence-electron chi connectivity index (χ1n) is 4.16. The lowest BCUT2D eigenvalue weighted by Gasteiger charge is -2.09. The van der Waals surface area contributed by atoms with Gasteiger partial charge in [-0.25, -0.2) is 4.39 Å². The van der Waals surface area contributed by atoms with Crippen molar-refractivity contribution in [3.63, 3.8) is 0 Å². The highest BCUT2D eigenvalue weighted by molar-refractivity contribution is 9.09. The highest BCUT2D eigenvalue weighted by Crippen LogP contribution is 2.12. The maximum absolute atomic E-state index is 12.3. The number of nitrogens with zero attached hydrogens (tertiary/aromatic N) is 1. The predicted octanol–water partition coefficient (Wildman–Crippen LogP) is 3.35. The molecule has 1 nitrogen and oxygen atoms in total. The first kappa shape index (κ1) is 10.5. The van der Waals surface area contributed by atoms with E-state index in [2.05, 4.69) is 20.5 Å². The van der Waals surface area contributed by atoms with Crippen LogP contribution in [0.15, 0.2) is 24.0 Å². The maximum atomic E-state index is 12.3. The van der Waals surface area contributed by atoms with Gasteiger partial charge in [-0.3, -0.25) is 0 Å². The summed E-state index contributed by atoms with van der Waals surface area (Å²) in [5, 5.41) is 0.584. The van der Waals surface area contributed by atoms with Crippen LogP contribution in [0, 0.1) is 13.8 Å². The van der Waals surface area contributed by atoms with Gasteiger partial charge in [-0.15, -0.1) is 0 Å². The van der Waals surface area contributed by atoms with E-state index in [4.69, 9.17) is 0 Å². The summed E-state index contributed by atoms with van der Waals surface area (Å²) in [5.41, 5.74) is 3.08. The van der Waals surface area contributed by atoms with Crippen molar-refractivity contribution in [2.24, 2.45) is 0 Å². The number of hydrogen-bond acceptors (Lipinski definition) is 0. The van der Waals surface area contributed by atoms with Crippen molar-refractivity contribution in [3.8, 4) is 0 Å². The number of rotatable bonds is 3. The van der Waals surface area contributed by atoms with Crippen LogP contribution in [0.4, 0.5) is 4.39 Å². The molecule has 0 aliphatic rings. The second-order valence-corrected chi connectivity index (χ2v) is 3.66. The topological polar surface area (TPSA) is 4.93 Å². The Labute approximate surface area is 86.4 Å². The zero-order valence-corrected chi connectivity index (χ0v) is 9.44. The van der Waals surface area contributed by atoms with Crippen molar-refractivity contribution in [1.82, 2.24) is 4.57 Å². The Kier molecular flexibility index (Phi) is 3.72. The van der Waals surface area contributed by atoms with Crippen molar-refractivity contribution in [2.45, 2.75) is 20.4 Å². The fraction of sp³-hybridized carbons (Fsp3) is 0.400. The van der Waals surface area contributed by atoms with Gasteiger partial charge in [-0.2, -0.15) is 0 Å². The molecule has 13 heavy (non-hydrogen) atoms. The van der Waals surface area contributed by atoms with Gasteiger partial charge in [0.15, 0.2) is 0 Å². The van der Waals surface area contributed by atoms with Gasteiger partial charge >= 0.3 is 0 Å². The highest BCUT2D eigenvalue weighted by Gasteiger charge is 2.03. The number of alkyl halides is 1. The minimum absolute atomic E-state index is 0.584. The Hall–Kier alpha value is -0.570. The molecular formula is C10H13BrFN. The van der Waals surface area contributed by atoms with Crippen molar-refractivity contribution < 1.29 is 4.39 Å². The minimum Gasteiger partial charge on any atom is -0.345 e. The van der Waals surface area contributed by atoms with Gasteiger partial charge in [0.1, 0.15) is 0 Å². The van der Waals surface area contributed by atoms with Gasteiger partial charge in [0, 0.05) is 23.3 Å². The summed E-state index contributed by atoms with van der Waals surface area (Å²) in [6.07, 6.45) is 0.674. The molecule has 72 valence electrons. The molecule has 0 bridgehead atoms. The van der Waals surface area contributed by atoms with E-state index in [0.717, 1.165) is 17.0 Å². The molecule has 0 N–H and O–H groups in total. The summed E-state index contributed by atoms with van der Waals surface area (Å²) in [6.45, 7) is 4.68. The molecule has 0 atom stereocenters. The van der Waals surface area contributed by atoms with E-state index in [1.54, 1.807) is 0 Å². The van der Waals surface area contributed by atoms with Gasteiger partial charge < -0.3 is 4.57 Å². The monoisotopic (exact) mass is 245 g/mol. The van der Waals surface area contributed by atoms with Crippen LogP contribution in [0.25, 0.3) is 0 Å². The van der Waals surface area contributed by atoms with Crippen LogP contribution in [-0.4, -0.2) is 9.90 Å². The van der Waals surface area contributed by atoms with Crippen LogP contribution < -0.4 is 0 Å². The molecule has 0 aromatic carbocycles. The molecule has 1 rings (SSSR count). The molecule has 0 radical (unpaired) electrons. The fourth-order valence-corrected chi connectivity index (χ4v) is 1.56. The molecule has 1 aromatic heterocycles. The standard InChI is InChI=1S/C10H13BrFN/c1-8-3-4-9(2)13(8)7-10(5-11)6-12/h3-4,6H,5,7H2,1-2H3/b10-6-. The summed E-state index contributed by atoms with van der Waals surface area (Å²) >= 11 is 3.25. The predicted molar refractivity (Wildman–Crippen MR) is 56.9 cm³/mol. The van der Waals surface area contributed by atoms with Crippen molar-refractivity contribution in [3.05, 3.63) is 35.4 Å². The van der Waals surface area contributed by atoms with Gasteiger partial charge in [-0.05, 0) is 31.6 Å². The van der Waals surface area contributed by atoms with Gasteiger partial charge in [-0.1, -0.05) is 15.9 Å². The lowest BCUT2D eigenvalue weighted by Crippen LogP contribution is -2.05. The summed E-state index contributed by atoms with van der Waals surface area (Å²) in [4.78, 5) is 0. The average Bonchev–Trinajstić information content (AvgIpc) is 2.44. The van der Waals surface area contributed by atoms with E-state index in [1.807, 2.05) is 26.0 Å². The molecule has 0 amide bonds. The maximum Gasteiger partial charge on any atom is 0.0885 e. The van der Waals surface area contributed by atoms with Crippen molar-refractivity contribution in [2.75, 3.05) is 5.33 Å². The van der Waals surface area contributed by atoms with E-state index in [1.165, 1.54) is 0 Å². The second kappa shape index (κ2) is 4.61. The molecule has 1 heterocycles. The molecule has 3 heteroatoms. The average molecular weight is 246 g/mol. The molecule has 1 aromatic rings. The summed E-state index contributed by atoms with van der Waals surface area (Å²) in [7, 11) is 0. The van der Waals surface area contributed by atoms with Crippen LogP contribution in [0.5, 0.6) is 0 Å². The number of hydrogen-bond donors (Lipinski definition) is 0. The second-order valence-electron chi connectivity index (χ2n) is 3.10. The molecule has 0 aliphatic carbocycles. The van der Waals surface area contributed by atoms with E-state index >= 15 is 0 Å². The molecule has 0 spiro atoms. The quantitative estimate of drug-likeness (QED) is 0.721. The van der Waals surface area contributed by atoms with Crippen molar-refractivity contribution >= 4 is 15.9 Å². The summed E-state index contributed by atoms with van der Waals surface area (Å²) in [6, 6.07) is 4.08. The third-order valence-corrected chi connectivity index (χ3v) is 2.82. The Morgan fingerprint density at radius 2 is 2.00 bits per heavy atom. The summed E-state index contributed by atoms with van der Waals surface area (Å²) in [5.74, 6) is 0. The largest absolute Gasteiger partial charge is 0.345 e. The molecule has 0 fully saturated rings. The minimum atomic E-state index is 0.584. The zero-order valence-electron chi connectivity index (χ0n) is 7.85. The molecule has 0 saturated carbocycles. The third kappa shape index (κ3) is 2.44. The Morgan fingerprint density at radius 1 is 1.46 bits per heavy atom. The fourth-order valence-electron chi connectivity index (χ4n) is 1.26. The molecule has 0 saturated heterocycles. The van der Waals surface area contributed by atoms with Crippen LogP contribution in [0.3, 0.4) is 0 Å². The number of halogens is 2. The van der Waals surface area contributed by atoms with E-state index in [-0.39, 0.29) is 0 Å². The highest BCUT2D eigenvalue weighted by atomic mass is 79.9. The normalized spacial score (nSPS) is 12.2. The lowest BCUT2D eigenvalue weighted by atomic mass is 10.3. The molecule has 0 aliphatic heterocycles. The van der Waals surface area contributed by atoms with E-state index in [0.29, 0.717) is 18.2 Å². The zero-order chi connectivity index (χ0) is 9.84. The number of allylic oxidation sites excluding steroid dienone is 1. The SMILES string of the molecule is Cc1ccc(C)n1C/C(=C\F)CBr. The smallest absolute Gasteiger partial charge is 0.0885 e. The van der Waals surface area contributed by atoms with Crippen LogP contribution in [0.2, 0.25) is 0 Å². The van der Waals surface area contributed by atoms with Crippen molar-refractivity contribution in [1.29, 1.82) is 0 Å². The molecule has 0 unspecified atom stereocenters. The van der Waals surface area contributed by atoms with Gasteiger partial charge in [0.05, 0.1) is 6.33 Å². The first-order valence-corrected chi connectivity index (χ1v) is 5.28. The Morgan fingerprint density at radius 3 is 2.38 bits per heavy atom. The van der Waals surface area contributed by atoms with Crippen LogP contribution in [0.1, 0.15) is 11.4 Å². The number of aromatic nitrogens is 1. The van der Waals surface area contributed by atoms with Gasteiger partial charge in [0.25, 0.3) is 0 Å². The van der Waals surface area contributed by atoms with Crippen LogP contribution >= 0.6 is 15.9 Å². The third-order valence-electron chi connectivity index (χ3n) is 2.10.